The summed E-state index contributed by atoms with van der Waals surface area (Å²) >= 11 is 0. The van der Waals surface area contributed by atoms with Crippen molar-refractivity contribution in [2.24, 2.45) is 0 Å². The first kappa shape index (κ1) is 10.2. The van der Waals surface area contributed by atoms with Gasteiger partial charge in [-0.3, -0.25) is 0 Å². The first-order chi connectivity index (χ1) is 7.88. The highest BCUT2D eigenvalue weighted by atomic mass is 16.5. The van der Waals surface area contributed by atoms with Crippen LogP contribution in [-0.2, 0) is 6.42 Å². The average molecular weight is 217 g/mol. The van der Waals surface area contributed by atoms with Crippen molar-refractivity contribution in [3.8, 4) is 5.75 Å². The molecule has 0 bridgehead atoms. The van der Waals surface area contributed by atoms with Crippen LogP contribution in [0.15, 0.2) is 18.2 Å². The molecule has 0 saturated carbocycles. The summed E-state index contributed by atoms with van der Waals surface area (Å²) in [6.07, 6.45) is 5.15. The van der Waals surface area contributed by atoms with Crippen molar-refractivity contribution in [2.75, 3.05) is 13.7 Å². The van der Waals surface area contributed by atoms with Gasteiger partial charge < -0.3 is 10.1 Å². The molecule has 0 aromatic heterocycles. The molecule has 1 N–H and O–H groups in total. The molecule has 1 saturated heterocycles. The zero-order chi connectivity index (χ0) is 11.0. The standard InChI is InChI=1S/C14H19NO/c1-16-11-6-4-10-5-7-14-12(13(10)9-11)3-2-8-15-14/h4,6,9,12,14-15H,2-3,5,7-8H2,1H3/t12-,14?/m1/s1. The first-order valence-electron chi connectivity index (χ1n) is 6.28. The van der Waals surface area contributed by atoms with Gasteiger partial charge in [-0.15, -0.1) is 0 Å². The van der Waals surface area contributed by atoms with E-state index in [1.807, 2.05) is 0 Å². The molecule has 1 aliphatic carbocycles. The largest absolute Gasteiger partial charge is 0.497 e. The fourth-order valence-electron chi connectivity index (χ4n) is 3.21. The van der Waals surface area contributed by atoms with Crippen LogP contribution in [0.5, 0.6) is 5.75 Å². The van der Waals surface area contributed by atoms with Crippen molar-refractivity contribution >= 4 is 0 Å². The first-order valence-corrected chi connectivity index (χ1v) is 6.28. The van der Waals surface area contributed by atoms with Gasteiger partial charge in [0.15, 0.2) is 0 Å². The van der Waals surface area contributed by atoms with E-state index in [1.54, 1.807) is 7.11 Å². The third-order valence-electron chi connectivity index (χ3n) is 4.06. The predicted molar refractivity (Wildman–Crippen MR) is 65.1 cm³/mol. The molecular formula is C14H19NO. The Morgan fingerprint density at radius 2 is 2.25 bits per heavy atom. The van der Waals surface area contributed by atoms with Crippen LogP contribution in [-0.4, -0.2) is 19.7 Å². The number of piperidine rings is 1. The van der Waals surface area contributed by atoms with E-state index in [4.69, 9.17) is 4.74 Å². The van der Waals surface area contributed by atoms with E-state index in [1.165, 1.54) is 43.4 Å². The maximum absolute atomic E-state index is 5.34. The monoisotopic (exact) mass is 217 g/mol. The number of rotatable bonds is 1. The number of hydrogen-bond acceptors (Lipinski definition) is 2. The topological polar surface area (TPSA) is 21.3 Å². The lowest BCUT2D eigenvalue weighted by molar-refractivity contribution is 0.318. The molecule has 86 valence electrons. The Kier molecular flexibility index (Phi) is 2.60. The zero-order valence-corrected chi connectivity index (χ0v) is 9.83. The van der Waals surface area contributed by atoms with Gasteiger partial charge in [0, 0.05) is 6.04 Å². The lowest BCUT2D eigenvalue weighted by Crippen LogP contribution is -2.42. The van der Waals surface area contributed by atoms with Gasteiger partial charge >= 0.3 is 0 Å². The van der Waals surface area contributed by atoms with E-state index in [0.717, 1.165) is 5.75 Å². The summed E-state index contributed by atoms with van der Waals surface area (Å²) in [5, 5.41) is 3.66. The Morgan fingerprint density at radius 1 is 1.31 bits per heavy atom. The van der Waals surface area contributed by atoms with Crippen LogP contribution < -0.4 is 10.1 Å². The molecule has 1 heterocycles. The Bertz CT molecular complexity index is 388. The Balaban J connectivity index is 1.98. The van der Waals surface area contributed by atoms with Gasteiger partial charge in [0.25, 0.3) is 0 Å². The molecule has 1 aliphatic heterocycles. The second kappa shape index (κ2) is 4.10. The van der Waals surface area contributed by atoms with Gasteiger partial charge in [0.1, 0.15) is 5.75 Å². The number of hydrogen-bond donors (Lipinski definition) is 1. The van der Waals surface area contributed by atoms with Gasteiger partial charge in [-0.05, 0) is 61.4 Å². The lowest BCUT2D eigenvalue weighted by atomic mass is 9.75. The van der Waals surface area contributed by atoms with Crippen LogP contribution in [0.1, 0.15) is 36.3 Å². The van der Waals surface area contributed by atoms with E-state index in [2.05, 4.69) is 23.5 Å². The van der Waals surface area contributed by atoms with Gasteiger partial charge in [-0.2, -0.15) is 0 Å². The second-order valence-electron chi connectivity index (χ2n) is 4.91. The Hall–Kier alpha value is -1.02. The molecule has 1 fully saturated rings. The molecule has 1 aromatic carbocycles. The molecule has 0 spiro atoms. The molecule has 1 unspecified atom stereocenters. The zero-order valence-electron chi connectivity index (χ0n) is 9.83. The summed E-state index contributed by atoms with van der Waals surface area (Å²) in [5.41, 5.74) is 3.06. The highest BCUT2D eigenvalue weighted by Crippen LogP contribution is 2.38. The van der Waals surface area contributed by atoms with Crippen molar-refractivity contribution in [1.29, 1.82) is 0 Å². The van der Waals surface area contributed by atoms with E-state index in [-0.39, 0.29) is 0 Å². The van der Waals surface area contributed by atoms with Gasteiger partial charge in [-0.1, -0.05) is 6.07 Å². The molecule has 3 rings (SSSR count). The SMILES string of the molecule is COc1ccc2c(c1)[C@H]1CCCNC1CC2. The maximum Gasteiger partial charge on any atom is 0.119 e. The fraction of sp³-hybridized carbons (Fsp3) is 0.571. The highest BCUT2D eigenvalue weighted by molar-refractivity contribution is 5.41. The molecule has 0 amide bonds. The van der Waals surface area contributed by atoms with E-state index < -0.39 is 0 Å². The van der Waals surface area contributed by atoms with Gasteiger partial charge in [0.05, 0.1) is 7.11 Å². The molecule has 16 heavy (non-hydrogen) atoms. The maximum atomic E-state index is 5.34. The lowest BCUT2D eigenvalue weighted by Gasteiger charge is -2.38. The quantitative estimate of drug-likeness (QED) is 0.780. The number of aryl methyl sites for hydroxylation is 1. The normalized spacial score (nSPS) is 28.1. The van der Waals surface area contributed by atoms with Gasteiger partial charge in [0.2, 0.25) is 0 Å². The average Bonchev–Trinajstić information content (AvgIpc) is 2.38. The van der Waals surface area contributed by atoms with Crippen molar-refractivity contribution in [2.45, 2.75) is 37.6 Å². The highest BCUT2D eigenvalue weighted by Gasteiger charge is 2.31. The minimum Gasteiger partial charge on any atom is -0.497 e. The van der Waals surface area contributed by atoms with Crippen LogP contribution in [0.4, 0.5) is 0 Å². The van der Waals surface area contributed by atoms with Crippen LogP contribution >= 0.6 is 0 Å². The van der Waals surface area contributed by atoms with E-state index >= 15 is 0 Å². The van der Waals surface area contributed by atoms with Crippen molar-refractivity contribution < 1.29 is 4.74 Å². The van der Waals surface area contributed by atoms with Crippen LogP contribution in [0.3, 0.4) is 0 Å². The molecule has 0 radical (unpaired) electrons. The number of methoxy groups -OCH3 is 1. The van der Waals surface area contributed by atoms with Crippen LogP contribution in [0.2, 0.25) is 0 Å². The fourth-order valence-corrected chi connectivity index (χ4v) is 3.21. The smallest absolute Gasteiger partial charge is 0.119 e. The predicted octanol–water partition coefficient (Wildman–Crippen LogP) is 2.48. The summed E-state index contributed by atoms with van der Waals surface area (Å²) in [6.45, 7) is 1.19. The summed E-state index contributed by atoms with van der Waals surface area (Å²) in [5.74, 6) is 1.72. The second-order valence-corrected chi connectivity index (χ2v) is 4.91. The Labute approximate surface area is 97.0 Å². The molecular weight excluding hydrogens is 198 g/mol. The van der Waals surface area contributed by atoms with Crippen molar-refractivity contribution in [3.05, 3.63) is 29.3 Å². The summed E-state index contributed by atoms with van der Waals surface area (Å²) in [4.78, 5) is 0. The molecule has 2 aliphatic rings. The van der Waals surface area contributed by atoms with Crippen LogP contribution in [0, 0.1) is 0 Å². The third-order valence-corrected chi connectivity index (χ3v) is 4.06. The van der Waals surface area contributed by atoms with E-state index in [9.17, 15) is 0 Å². The summed E-state index contributed by atoms with van der Waals surface area (Å²) < 4.78 is 5.34. The summed E-state index contributed by atoms with van der Waals surface area (Å²) in [7, 11) is 1.75. The Morgan fingerprint density at radius 3 is 3.12 bits per heavy atom. The minimum absolute atomic E-state index is 0.702. The molecule has 2 nitrogen and oxygen atoms in total. The number of nitrogens with one attached hydrogen (secondary N) is 1. The number of ether oxygens (including phenoxy) is 1. The van der Waals surface area contributed by atoms with Gasteiger partial charge in [-0.25, -0.2) is 0 Å². The van der Waals surface area contributed by atoms with Crippen molar-refractivity contribution in [1.82, 2.24) is 5.32 Å². The summed E-state index contributed by atoms with van der Waals surface area (Å²) in [6, 6.07) is 7.29. The molecule has 2 atom stereocenters. The number of fused-ring (bicyclic) bond motifs is 3. The molecule has 2 heteroatoms. The number of benzene rings is 1. The molecule has 1 aromatic rings. The van der Waals surface area contributed by atoms with Crippen LogP contribution in [0.25, 0.3) is 0 Å². The van der Waals surface area contributed by atoms with E-state index in [0.29, 0.717) is 12.0 Å². The third kappa shape index (κ3) is 1.61. The van der Waals surface area contributed by atoms with Crippen molar-refractivity contribution in [3.63, 3.8) is 0 Å². The minimum atomic E-state index is 0.702.